The number of carbonyl (C=O) groups excluding carboxylic acids is 1. The number of amides is 1. The molecule has 6 nitrogen and oxygen atoms in total. The number of aromatic nitrogens is 1. The lowest BCUT2D eigenvalue weighted by Crippen LogP contribution is -2.27. The summed E-state index contributed by atoms with van der Waals surface area (Å²) in [5.41, 5.74) is 2.86. The van der Waals surface area contributed by atoms with E-state index in [1.807, 2.05) is 37.4 Å². The monoisotopic (exact) mass is 323 g/mol. The predicted octanol–water partition coefficient (Wildman–Crippen LogP) is 3.88. The van der Waals surface area contributed by atoms with Crippen molar-refractivity contribution in [1.29, 1.82) is 0 Å². The summed E-state index contributed by atoms with van der Waals surface area (Å²) in [4.78, 5) is 26.1. The average molecular weight is 323 g/mol. The Morgan fingerprint density at radius 3 is 2.79 bits per heavy atom. The summed E-state index contributed by atoms with van der Waals surface area (Å²) < 4.78 is 0. The second-order valence-electron chi connectivity index (χ2n) is 5.74. The Morgan fingerprint density at radius 2 is 2.04 bits per heavy atom. The number of hydrogen-bond acceptors (Lipinski definition) is 3. The minimum Gasteiger partial charge on any atom is -0.361 e. The van der Waals surface area contributed by atoms with E-state index in [1.165, 1.54) is 12.1 Å². The van der Waals surface area contributed by atoms with Gasteiger partial charge in [-0.3, -0.25) is 14.9 Å². The van der Waals surface area contributed by atoms with Crippen LogP contribution in [-0.2, 0) is 0 Å². The van der Waals surface area contributed by atoms with Crippen LogP contribution in [0.5, 0.6) is 0 Å². The van der Waals surface area contributed by atoms with Crippen molar-refractivity contribution in [3.8, 4) is 0 Å². The van der Waals surface area contributed by atoms with Gasteiger partial charge in [-0.2, -0.15) is 0 Å². The van der Waals surface area contributed by atoms with Crippen molar-refractivity contribution in [2.75, 3.05) is 0 Å². The summed E-state index contributed by atoms with van der Waals surface area (Å²) >= 11 is 0. The van der Waals surface area contributed by atoms with Crippen LogP contribution in [-0.4, -0.2) is 15.8 Å². The van der Waals surface area contributed by atoms with Crippen LogP contribution in [0.4, 0.5) is 5.69 Å². The molecule has 0 aliphatic carbocycles. The zero-order valence-electron chi connectivity index (χ0n) is 13.4. The highest BCUT2D eigenvalue weighted by atomic mass is 16.6. The van der Waals surface area contributed by atoms with Crippen LogP contribution in [0.3, 0.4) is 0 Å². The molecule has 0 saturated carbocycles. The third-order valence-electron chi connectivity index (χ3n) is 4.11. The molecule has 2 aromatic carbocycles. The number of aromatic amines is 1. The van der Waals surface area contributed by atoms with Crippen LogP contribution in [0.1, 0.15) is 34.5 Å². The molecule has 1 atom stereocenters. The average Bonchev–Trinajstić information content (AvgIpc) is 3.03. The maximum Gasteiger partial charge on any atom is 0.270 e. The summed E-state index contributed by atoms with van der Waals surface area (Å²) in [6.07, 6.45) is 1.85. The molecule has 3 aromatic rings. The molecule has 0 spiro atoms. The summed E-state index contributed by atoms with van der Waals surface area (Å²) in [7, 11) is 0. The number of hydrogen-bond donors (Lipinski definition) is 2. The highest BCUT2D eigenvalue weighted by Crippen LogP contribution is 2.24. The Balaban J connectivity index is 1.88. The number of nitro benzene ring substituents is 1. The van der Waals surface area contributed by atoms with E-state index in [9.17, 15) is 14.9 Å². The van der Waals surface area contributed by atoms with E-state index in [0.717, 1.165) is 16.5 Å². The van der Waals surface area contributed by atoms with Gasteiger partial charge in [0.1, 0.15) is 0 Å². The third-order valence-corrected chi connectivity index (χ3v) is 4.11. The predicted molar refractivity (Wildman–Crippen MR) is 92.0 cm³/mol. The highest BCUT2D eigenvalue weighted by molar-refractivity contribution is 5.96. The largest absolute Gasteiger partial charge is 0.361 e. The number of rotatable bonds is 4. The van der Waals surface area contributed by atoms with E-state index < -0.39 is 4.92 Å². The lowest BCUT2D eigenvalue weighted by Gasteiger charge is -2.16. The standard InChI is InChI=1S/C18H17N3O3/c1-11-6-7-14(21(23)24)10-16(11)18(22)20-12(2)15-5-3-4-13-8-9-19-17(13)15/h3-10,12,19H,1-2H3,(H,20,22). The van der Waals surface area contributed by atoms with Crippen LogP contribution in [0.25, 0.3) is 10.9 Å². The number of nitrogens with one attached hydrogen (secondary N) is 2. The summed E-state index contributed by atoms with van der Waals surface area (Å²) in [6, 6.07) is 11.9. The second-order valence-corrected chi connectivity index (χ2v) is 5.74. The lowest BCUT2D eigenvalue weighted by molar-refractivity contribution is -0.384. The molecular formula is C18H17N3O3. The van der Waals surface area contributed by atoms with Gasteiger partial charge >= 0.3 is 0 Å². The minimum absolute atomic E-state index is 0.0927. The molecule has 122 valence electrons. The van der Waals surface area contributed by atoms with Gasteiger partial charge in [0.25, 0.3) is 11.6 Å². The number of nitro groups is 1. The number of fused-ring (bicyclic) bond motifs is 1. The van der Waals surface area contributed by atoms with Crippen molar-refractivity contribution in [3.05, 3.63) is 75.5 Å². The van der Waals surface area contributed by atoms with Crippen LogP contribution in [0.15, 0.2) is 48.7 Å². The molecule has 1 unspecified atom stereocenters. The van der Waals surface area contributed by atoms with E-state index in [-0.39, 0.29) is 17.6 Å². The van der Waals surface area contributed by atoms with Crippen molar-refractivity contribution in [2.45, 2.75) is 19.9 Å². The molecule has 1 aromatic heterocycles. The van der Waals surface area contributed by atoms with Gasteiger partial charge in [-0.25, -0.2) is 0 Å². The van der Waals surface area contributed by atoms with Gasteiger partial charge in [-0.05, 0) is 36.4 Å². The fourth-order valence-electron chi connectivity index (χ4n) is 2.79. The highest BCUT2D eigenvalue weighted by Gasteiger charge is 2.18. The summed E-state index contributed by atoms with van der Waals surface area (Å²) in [5, 5.41) is 14.9. The topological polar surface area (TPSA) is 88.0 Å². The Morgan fingerprint density at radius 1 is 1.25 bits per heavy atom. The first-order valence-corrected chi connectivity index (χ1v) is 7.59. The smallest absolute Gasteiger partial charge is 0.270 e. The zero-order chi connectivity index (χ0) is 17.3. The summed E-state index contributed by atoms with van der Waals surface area (Å²) in [6.45, 7) is 3.65. The molecule has 0 fully saturated rings. The van der Waals surface area contributed by atoms with Crippen molar-refractivity contribution < 1.29 is 9.72 Å². The molecule has 2 N–H and O–H groups in total. The molecule has 0 saturated heterocycles. The van der Waals surface area contributed by atoms with E-state index in [4.69, 9.17) is 0 Å². The molecule has 3 rings (SSSR count). The van der Waals surface area contributed by atoms with Crippen molar-refractivity contribution in [1.82, 2.24) is 10.3 Å². The maximum atomic E-state index is 12.6. The second kappa shape index (κ2) is 6.16. The quantitative estimate of drug-likeness (QED) is 0.564. The molecule has 0 aliphatic rings. The first-order chi connectivity index (χ1) is 11.5. The van der Waals surface area contributed by atoms with E-state index in [1.54, 1.807) is 13.0 Å². The maximum absolute atomic E-state index is 12.6. The number of carbonyl (C=O) groups is 1. The van der Waals surface area contributed by atoms with Crippen molar-refractivity contribution >= 4 is 22.5 Å². The fraction of sp³-hybridized carbons (Fsp3) is 0.167. The number of benzene rings is 2. The SMILES string of the molecule is Cc1ccc([N+](=O)[O-])cc1C(=O)NC(C)c1cccc2cc[nH]c12. The molecule has 6 heteroatoms. The Hall–Kier alpha value is -3.15. The van der Waals surface area contributed by atoms with E-state index in [2.05, 4.69) is 10.3 Å². The number of nitrogens with zero attached hydrogens (tertiary/aromatic N) is 1. The van der Waals surface area contributed by atoms with Gasteiger partial charge in [0, 0.05) is 23.9 Å². The molecule has 1 amide bonds. The lowest BCUT2D eigenvalue weighted by atomic mass is 10.0. The fourth-order valence-corrected chi connectivity index (χ4v) is 2.79. The molecular weight excluding hydrogens is 306 g/mol. The Bertz CT molecular complexity index is 930. The van der Waals surface area contributed by atoms with Gasteiger partial charge in [0.15, 0.2) is 0 Å². The molecule has 0 aliphatic heterocycles. The number of aryl methyl sites for hydroxylation is 1. The number of H-pyrrole nitrogens is 1. The van der Waals surface area contributed by atoms with Gasteiger partial charge in [-0.15, -0.1) is 0 Å². The zero-order valence-corrected chi connectivity index (χ0v) is 13.4. The Labute approximate surface area is 138 Å². The molecule has 0 bridgehead atoms. The Kier molecular flexibility index (Phi) is 4.04. The van der Waals surface area contributed by atoms with Crippen LogP contribution in [0.2, 0.25) is 0 Å². The van der Waals surface area contributed by atoms with Crippen LogP contribution in [0, 0.1) is 17.0 Å². The number of para-hydroxylation sites is 1. The van der Waals surface area contributed by atoms with Gasteiger partial charge < -0.3 is 10.3 Å². The van der Waals surface area contributed by atoms with E-state index >= 15 is 0 Å². The van der Waals surface area contributed by atoms with Gasteiger partial charge in [-0.1, -0.05) is 24.3 Å². The van der Waals surface area contributed by atoms with Gasteiger partial charge in [0.05, 0.1) is 16.5 Å². The minimum atomic E-state index is -0.501. The normalized spacial score (nSPS) is 12.1. The summed E-state index contributed by atoms with van der Waals surface area (Å²) in [5.74, 6) is -0.327. The third kappa shape index (κ3) is 2.86. The first-order valence-electron chi connectivity index (χ1n) is 7.59. The number of non-ortho nitro benzene ring substituents is 1. The molecule has 1 heterocycles. The van der Waals surface area contributed by atoms with Crippen molar-refractivity contribution in [3.63, 3.8) is 0 Å². The van der Waals surface area contributed by atoms with Gasteiger partial charge in [0.2, 0.25) is 0 Å². The molecule has 24 heavy (non-hydrogen) atoms. The van der Waals surface area contributed by atoms with Crippen molar-refractivity contribution in [2.24, 2.45) is 0 Å². The van der Waals surface area contributed by atoms with E-state index in [0.29, 0.717) is 11.1 Å². The van der Waals surface area contributed by atoms with Crippen LogP contribution < -0.4 is 5.32 Å². The van der Waals surface area contributed by atoms with Crippen LogP contribution >= 0.6 is 0 Å². The first kappa shape index (κ1) is 15.7. The molecule has 0 radical (unpaired) electrons.